The number of Topliss-reactive ketones (excluding diaryl/α,β-unsaturated/α-hetero) is 1. The smallest absolute Gasteiger partial charge is 0.255 e. The predicted octanol–water partition coefficient (Wildman–Crippen LogP) is 4.01. The zero-order chi connectivity index (χ0) is 21.3. The Kier molecular flexibility index (Phi) is 5.40. The van der Waals surface area contributed by atoms with E-state index in [2.05, 4.69) is 15.6 Å². The van der Waals surface area contributed by atoms with E-state index in [9.17, 15) is 9.59 Å². The minimum Gasteiger partial charge on any atom is -0.496 e. The van der Waals surface area contributed by atoms with Crippen molar-refractivity contribution in [2.24, 2.45) is 0 Å². The Morgan fingerprint density at radius 1 is 1.17 bits per heavy atom. The number of ether oxygens (including phenoxy) is 1. The highest BCUT2D eigenvalue weighted by molar-refractivity contribution is 6.09. The molecule has 2 N–H and O–H groups in total. The molecule has 4 rings (SSSR count). The van der Waals surface area contributed by atoms with Gasteiger partial charge in [-0.1, -0.05) is 24.3 Å². The number of nitrogens with zero attached hydrogens (tertiary/aromatic N) is 1. The lowest BCUT2D eigenvalue weighted by Crippen LogP contribution is -2.35. The summed E-state index contributed by atoms with van der Waals surface area (Å²) in [5, 5.41) is 6.22. The first-order valence-corrected chi connectivity index (χ1v) is 10.1. The number of hydrogen-bond donors (Lipinski definition) is 2. The van der Waals surface area contributed by atoms with E-state index in [0.29, 0.717) is 29.1 Å². The fourth-order valence-electron chi connectivity index (χ4n) is 4.23. The van der Waals surface area contributed by atoms with Gasteiger partial charge in [-0.25, -0.2) is 4.98 Å². The number of pyridine rings is 1. The number of ketones is 1. The maximum absolute atomic E-state index is 13.4. The zero-order valence-corrected chi connectivity index (χ0v) is 17.4. The van der Waals surface area contributed by atoms with Crippen LogP contribution in [0.5, 0.6) is 5.75 Å². The van der Waals surface area contributed by atoms with Crippen LogP contribution < -0.4 is 15.4 Å². The summed E-state index contributed by atoms with van der Waals surface area (Å²) >= 11 is 0. The number of aryl methyl sites for hydroxylation is 1. The zero-order valence-electron chi connectivity index (χ0n) is 17.4. The number of benzene rings is 1. The number of carbonyl (C=O) groups excluding carboxylic acids is 2. The van der Waals surface area contributed by atoms with Gasteiger partial charge in [-0.15, -0.1) is 0 Å². The SMILES string of the molecule is COc1ccccc1[C@H]1C(C(=O)Nc2ccc(C)cn2)=C(C)NC2=C1C(=O)CCC2. The summed E-state index contributed by atoms with van der Waals surface area (Å²) in [5.74, 6) is 0.430. The van der Waals surface area contributed by atoms with Crippen LogP contribution in [0.1, 0.15) is 43.2 Å². The first kappa shape index (κ1) is 19.9. The van der Waals surface area contributed by atoms with Crippen LogP contribution in [0.25, 0.3) is 0 Å². The van der Waals surface area contributed by atoms with Gasteiger partial charge in [0, 0.05) is 40.7 Å². The average Bonchev–Trinajstić information content (AvgIpc) is 2.74. The summed E-state index contributed by atoms with van der Waals surface area (Å²) in [4.78, 5) is 30.7. The van der Waals surface area contributed by atoms with Crippen LogP contribution in [0, 0.1) is 6.92 Å². The molecule has 0 unspecified atom stereocenters. The number of allylic oxidation sites excluding steroid dienone is 3. The lowest BCUT2D eigenvalue weighted by molar-refractivity contribution is -0.116. The van der Waals surface area contributed by atoms with E-state index in [1.165, 1.54) is 0 Å². The Morgan fingerprint density at radius 2 is 1.97 bits per heavy atom. The highest BCUT2D eigenvalue weighted by Gasteiger charge is 2.39. The van der Waals surface area contributed by atoms with Gasteiger partial charge in [-0.3, -0.25) is 9.59 Å². The number of aromatic nitrogens is 1. The van der Waals surface area contributed by atoms with Crippen LogP contribution in [-0.2, 0) is 9.59 Å². The van der Waals surface area contributed by atoms with Gasteiger partial charge < -0.3 is 15.4 Å². The predicted molar refractivity (Wildman–Crippen MR) is 115 cm³/mol. The van der Waals surface area contributed by atoms with Gasteiger partial charge in [0.15, 0.2) is 5.78 Å². The number of amides is 1. The summed E-state index contributed by atoms with van der Waals surface area (Å²) in [6.07, 6.45) is 3.79. The van der Waals surface area contributed by atoms with Gasteiger partial charge in [0.05, 0.1) is 13.0 Å². The van der Waals surface area contributed by atoms with Gasteiger partial charge in [0.2, 0.25) is 0 Å². The first-order chi connectivity index (χ1) is 14.5. The third-order valence-corrected chi connectivity index (χ3v) is 5.62. The third-order valence-electron chi connectivity index (χ3n) is 5.62. The summed E-state index contributed by atoms with van der Waals surface area (Å²) in [5.41, 5.74) is 4.64. The molecule has 6 heteroatoms. The second-order valence-corrected chi connectivity index (χ2v) is 7.68. The largest absolute Gasteiger partial charge is 0.496 e. The van der Waals surface area contributed by atoms with E-state index in [1.54, 1.807) is 19.4 Å². The third kappa shape index (κ3) is 3.61. The molecule has 1 aromatic carbocycles. The van der Waals surface area contributed by atoms with Crippen LogP contribution >= 0.6 is 0 Å². The standard InChI is InChI=1S/C24H25N3O3/c1-14-11-12-20(25-13-14)27-24(29)21-15(2)26-17-8-6-9-18(28)23(17)22(21)16-7-4-5-10-19(16)30-3/h4-5,7,10-13,22,26H,6,8-9H2,1-3H3,(H,25,27,29)/t22-/m0/s1. The molecule has 2 aliphatic rings. The second-order valence-electron chi connectivity index (χ2n) is 7.68. The number of anilines is 1. The highest BCUT2D eigenvalue weighted by Crippen LogP contribution is 2.45. The van der Waals surface area contributed by atoms with Crippen LogP contribution in [0.15, 0.2) is 65.1 Å². The average molecular weight is 403 g/mol. The molecule has 1 atom stereocenters. The maximum Gasteiger partial charge on any atom is 0.255 e. The minimum absolute atomic E-state index is 0.0749. The Labute approximate surface area is 176 Å². The lowest BCUT2D eigenvalue weighted by atomic mass is 9.74. The number of hydrogen-bond acceptors (Lipinski definition) is 5. The van der Waals surface area contributed by atoms with Crippen molar-refractivity contribution in [1.82, 2.24) is 10.3 Å². The number of methoxy groups -OCH3 is 1. The highest BCUT2D eigenvalue weighted by atomic mass is 16.5. The molecule has 30 heavy (non-hydrogen) atoms. The van der Waals surface area contributed by atoms with E-state index in [0.717, 1.165) is 35.4 Å². The quantitative estimate of drug-likeness (QED) is 0.806. The lowest BCUT2D eigenvalue weighted by Gasteiger charge is -2.35. The summed E-state index contributed by atoms with van der Waals surface area (Å²) < 4.78 is 5.59. The van der Waals surface area contributed by atoms with Crippen molar-refractivity contribution in [3.05, 3.63) is 76.3 Å². The van der Waals surface area contributed by atoms with Crippen molar-refractivity contribution in [2.45, 2.75) is 39.0 Å². The number of dihydropyridines is 1. The molecule has 2 heterocycles. The van der Waals surface area contributed by atoms with Crippen LogP contribution in [0.3, 0.4) is 0 Å². The molecule has 1 aliphatic carbocycles. The van der Waals surface area contributed by atoms with E-state index in [-0.39, 0.29) is 11.7 Å². The number of nitrogens with one attached hydrogen (secondary N) is 2. The molecule has 1 aliphatic heterocycles. The molecule has 0 bridgehead atoms. The molecule has 0 fully saturated rings. The topological polar surface area (TPSA) is 80.3 Å². The molecule has 154 valence electrons. The molecule has 1 aromatic heterocycles. The number of para-hydroxylation sites is 1. The normalized spacial score (nSPS) is 18.6. The summed E-state index contributed by atoms with van der Waals surface area (Å²) in [6, 6.07) is 11.2. The Hall–Kier alpha value is -3.41. The maximum atomic E-state index is 13.4. The van der Waals surface area contributed by atoms with E-state index in [4.69, 9.17) is 4.74 Å². The second kappa shape index (κ2) is 8.14. The molecule has 1 amide bonds. The van der Waals surface area contributed by atoms with E-state index in [1.807, 2.05) is 44.2 Å². The molecular formula is C24H25N3O3. The fourth-order valence-corrected chi connectivity index (χ4v) is 4.23. The van der Waals surface area contributed by atoms with Crippen molar-refractivity contribution in [3.63, 3.8) is 0 Å². The molecule has 0 saturated heterocycles. The Bertz CT molecular complexity index is 1070. The molecule has 2 aromatic rings. The van der Waals surface area contributed by atoms with E-state index < -0.39 is 5.92 Å². The van der Waals surface area contributed by atoms with Crippen LogP contribution in [0.2, 0.25) is 0 Å². The Balaban J connectivity index is 1.81. The monoisotopic (exact) mass is 403 g/mol. The van der Waals surface area contributed by atoms with Crippen molar-refractivity contribution >= 4 is 17.5 Å². The Morgan fingerprint density at radius 3 is 2.70 bits per heavy atom. The van der Waals surface area contributed by atoms with Gasteiger partial charge in [-0.2, -0.15) is 0 Å². The molecule has 0 spiro atoms. The van der Waals surface area contributed by atoms with Gasteiger partial charge >= 0.3 is 0 Å². The molecule has 6 nitrogen and oxygen atoms in total. The summed E-state index contributed by atoms with van der Waals surface area (Å²) in [7, 11) is 1.60. The first-order valence-electron chi connectivity index (χ1n) is 10.1. The van der Waals surface area contributed by atoms with Gasteiger partial charge in [0.1, 0.15) is 11.6 Å². The van der Waals surface area contributed by atoms with Crippen LogP contribution in [-0.4, -0.2) is 23.8 Å². The van der Waals surface area contributed by atoms with E-state index >= 15 is 0 Å². The fraction of sp³-hybridized carbons (Fsp3) is 0.292. The molecule has 0 saturated carbocycles. The van der Waals surface area contributed by atoms with Gasteiger partial charge in [0.25, 0.3) is 5.91 Å². The number of carbonyl (C=O) groups is 2. The minimum atomic E-state index is -0.490. The number of rotatable bonds is 4. The molecule has 0 radical (unpaired) electrons. The van der Waals surface area contributed by atoms with Crippen molar-refractivity contribution < 1.29 is 14.3 Å². The molecular weight excluding hydrogens is 378 g/mol. The van der Waals surface area contributed by atoms with Crippen LogP contribution in [0.4, 0.5) is 5.82 Å². The summed E-state index contributed by atoms with van der Waals surface area (Å²) in [6.45, 7) is 3.82. The van der Waals surface area contributed by atoms with Gasteiger partial charge in [-0.05, 0) is 44.4 Å². The van der Waals surface area contributed by atoms with Crippen molar-refractivity contribution in [1.29, 1.82) is 0 Å². The van der Waals surface area contributed by atoms with Crippen molar-refractivity contribution in [2.75, 3.05) is 12.4 Å². The van der Waals surface area contributed by atoms with Crippen molar-refractivity contribution in [3.8, 4) is 5.75 Å².